The van der Waals surface area contributed by atoms with Gasteiger partial charge in [0.05, 0.1) is 10.6 Å². The van der Waals surface area contributed by atoms with Crippen molar-refractivity contribution in [1.29, 1.82) is 0 Å². The highest BCUT2D eigenvalue weighted by Gasteiger charge is 2.28. The largest absolute Gasteiger partial charge is 0.350 e. The first-order valence-electron chi connectivity index (χ1n) is 8.36. The van der Waals surface area contributed by atoms with E-state index in [2.05, 4.69) is 5.32 Å². The highest BCUT2D eigenvalue weighted by Crippen LogP contribution is 2.31. The molecule has 0 heterocycles. The summed E-state index contributed by atoms with van der Waals surface area (Å²) < 4.78 is 24.9. The van der Waals surface area contributed by atoms with Gasteiger partial charge in [-0.15, -0.1) is 12.4 Å². The smallest absolute Gasteiger partial charge is 0.251 e. The molecule has 140 valence electrons. The molecule has 0 saturated heterocycles. The van der Waals surface area contributed by atoms with Gasteiger partial charge in [-0.25, -0.2) is 8.42 Å². The molecule has 0 aliphatic heterocycles. The van der Waals surface area contributed by atoms with Gasteiger partial charge in [-0.1, -0.05) is 30.3 Å². The number of sulfone groups is 1. The summed E-state index contributed by atoms with van der Waals surface area (Å²) in [5.74, 6) is 0.226. The van der Waals surface area contributed by atoms with Gasteiger partial charge in [0.1, 0.15) is 0 Å². The fourth-order valence-electron chi connectivity index (χ4n) is 2.69. The van der Waals surface area contributed by atoms with Crippen LogP contribution in [0.15, 0.2) is 59.5 Å². The van der Waals surface area contributed by atoms with Gasteiger partial charge in [-0.05, 0) is 48.6 Å². The summed E-state index contributed by atoms with van der Waals surface area (Å²) in [6, 6.07) is 15.1. The Kier molecular flexibility index (Phi) is 6.81. The fourth-order valence-corrected chi connectivity index (χ4v) is 4.04. The Hall–Kier alpha value is -1.89. The normalized spacial score (nSPS) is 15.0. The molecule has 1 amide bonds. The van der Waals surface area contributed by atoms with Gasteiger partial charge in [0, 0.05) is 18.2 Å². The number of halogens is 1. The Morgan fingerprint density at radius 2 is 1.69 bits per heavy atom. The van der Waals surface area contributed by atoms with Crippen LogP contribution in [0.25, 0.3) is 0 Å². The van der Waals surface area contributed by atoms with Gasteiger partial charge in [0.15, 0.2) is 9.84 Å². The van der Waals surface area contributed by atoms with E-state index in [1.165, 1.54) is 24.3 Å². The highest BCUT2D eigenvalue weighted by molar-refractivity contribution is 7.90. The molecule has 2 aromatic carbocycles. The van der Waals surface area contributed by atoms with E-state index in [1.807, 2.05) is 18.2 Å². The average Bonchev–Trinajstić information content (AvgIpc) is 3.45. The van der Waals surface area contributed by atoms with Gasteiger partial charge in [0.2, 0.25) is 0 Å². The fraction of sp³-hybridized carbons (Fsp3) is 0.316. The maximum absolute atomic E-state index is 12.5. The van der Waals surface area contributed by atoms with Crippen molar-refractivity contribution in [1.82, 2.24) is 5.32 Å². The number of benzene rings is 2. The Balaban J connectivity index is 0.00000243. The molecule has 1 atom stereocenters. The highest BCUT2D eigenvalue weighted by atomic mass is 35.5. The molecule has 1 aliphatic carbocycles. The summed E-state index contributed by atoms with van der Waals surface area (Å²) in [5.41, 5.74) is 7.13. The van der Waals surface area contributed by atoms with E-state index in [4.69, 9.17) is 5.73 Å². The molecule has 0 spiro atoms. The molecule has 26 heavy (non-hydrogen) atoms. The van der Waals surface area contributed by atoms with Gasteiger partial charge in [-0.2, -0.15) is 0 Å². The van der Waals surface area contributed by atoms with Crippen LogP contribution in [0.1, 0.15) is 28.8 Å². The van der Waals surface area contributed by atoms with Gasteiger partial charge in [0.25, 0.3) is 5.91 Å². The van der Waals surface area contributed by atoms with Crippen molar-refractivity contribution in [3.8, 4) is 0 Å². The topological polar surface area (TPSA) is 89.3 Å². The molecule has 1 aliphatic rings. The zero-order valence-corrected chi connectivity index (χ0v) is 15.9. The van der Waals surface area contributed by atoms with Crippen LogP contribution < -0.4 is 11.1 Å². The minimum atomic E-state index is -3.44. The first-order chi connectivity index (χ1) is 12.0. The second-order valence-electron chi connectivity index (χ2n) is 6.48. The van der Waals surface area contributed by atoms with E-state index in [9.17, 15) is 13.2 Å². The molecular formula is C19H23ClN2O3S. The predicted octanol–water partition coefficient (Wildman–Crippen LogP) is 2.55. The van der Waals surface area contributed by atoms with Crippen molar-refractivity contribution in [3.05, 3.63) is 65.7 Å². The molecule has 5 nitrogen and oxygen atoms in total. The number of nitrogens with two attached hydrogens (primary N) is 1. The van der Waals surface area contributed by atoms with Crippen LogP contribution in [-0.2, 0) is 15.6 Å². The molecule has 1 unspecified atom stereocenters. The average molecular weight is 395 g/mol. The minimum Gasteiger partial charge on any atom is -0.350 e. The minimum absolute atomic E-state index is 0. The lowest BCUT2D eigenvalue weighted by Crippen LogP contribution is -2.38. The quantitative estimate of drug-likeness (QED) is 0.755. The van der Waals surface area contributed by atoms with Gasteiger partial charge >= 0.3 is 0 Å². The Labute approximate surface area is 160 Å². The van der Waals surface area contributed by atoms with Crippen molar-refractivity contribution in [2.45, 2.75) is 29.5 Å². The molecule has 0 bridgehead atoms. The molecule has 0 radical (unpaired) electrons. The van der Waals surface area contributed by atoms with E-state index in [0.717, 1.165) is 18.4 Å². The van der Waals surface area contributed by atoms with Gasteiger partial charge in [-0.3, -0.25) is 4.79 Å². The maximum atomic E-state index is 12.5. The zero-order chi connectivity index (χ0) is 17.9. The first-order valence-corrected chi connectivity index (χ1v) is 10.0. The Bertz CT molecular complexity index is 835. The lowest BCUT2D eigenvalue weighted by molar-refractivity contribution is 0.0950. The standard InChI is InChI=1S/C19H22N2O3S.ClH/c20-18(15-6-7-15)12-21-19(22)16-8-10-17(11-9-16)25(23,24)13-14-4-2-1-3-5-14;/h1-5,8-11,15,18H,6-7,12-13,20H2,(H,21,22);1H. The number of rotatable bonds is 7. The number of hydrogen-bond acceptors (Lipinski definition) is 4. The lowest BCUT2D eigenvalue weighted by Gasteiger charge is -2.12. The van der Waals surface area contributed by atoms with Crippen LogP contribution in [-0.4, -0.2) is 26.9 Å². The third-order valence-electron chi connectivity index (χ3n) is 4.40. The molecular weight excluding hydrogens is 372 g/mol. The molecule has 0 aromatic heterocycles. The second-order valence-corrected chi connectivity index (χ2v) is 8.47. The molecule has 3 N–H and O–H groups in total. The van der Waals surface area contributed by atoms with E-state index in [0.29, 0.717) is 18.0 Å². The van der Waals surface area contributed by atoms with Crippen LogP contribution in [0.4, 0.5) is 0 Å². The molecule has 7 heteroatoms. The Morgan fingerprint density at radius 1 is 1.08 bits per heavy atom. The van der Waals surface area contributed by atoms with Crippen molar-refractivity contribution >= 4 is 28.2 Å². The summed E-state index contributed by atoms with van der Waals surface area (Å²) in [7, 11) is -3.44. The van der Waals surface area contributed by atoms with Crippen LogP contribution in [0.2, 0.25) is 0 Å². The first kappa shape index (κ1) is 20.4. The molecule has 2 aromatic rings. The van der Waals surface area contributed by atoms with E-state index in [1.54, 1.807) is 12.1 Å². The Morgan fingerprint density at radius 3 is 2.27 bits per heavy atom. The van der Waals surface area contributed by atoms with Crippen LogP contribution in [0, 0.1) is 5.92 Å². The number of carbonyl (C=O) groups is 1. The van der Waals surface area contributed by atoms with E-state index < -0.39 is 9.84 Å². The van der Waals surface area contributed by atoms with Crippen molar-refractivity contribution in [2.24, 2.45) is 11.7 Å². The lowest BCUT2D eigenvalue weighted by atomic mass is 10.2. The SMILES string of the molecule is Cl.NC(CNC(=O)c1ccc(S(=O)(=O)Cc2ccccc2)cc1)C1CC1. The summed E-state index contributed by atoms with van der Waals surface area (Å²) in [4.78, 5) is 12.3. The van der Waals surface area contributed by atoms with E-state index in [-0.39, 0.29) is 35.0 Å². The maximum Gasteiger partial charge on any atom is 0.251 e. The van der Waals surface area contributed by atoms with Crippen molar-refractivity contribution in [2.75, 3.05) is 6.54 Å². The number of amides is 1. The second kappa shape index (κ2) is 8.66. The van der Waals surface area contributed by atoms with E-state index >= 15 is 0 Å². The van der Waals surface area contributed by atoms with Crippen molar-refractivity contribution in [3.63, 3.8) is 0 Å². The molecule has 3 rings (SSSR count). The predicted molar refractivity (Wildman–Crippen MR) is 104 cm³/mol. The monoisotopic (exact) mass is 394 g/mol. The number of hydrogen-bond donors (Lipinski definition) is 2. The summed E-state index contributed by atoms with van der Waals surface area (Å²) in [5, 5.41) is 2.80. The zero-order valence-electron chi connectivity index (χ0n) is 14.3. The summed E-state index contributed by atoms with van der Waals surface area (Å²) >= 11 is 0. The summed E-state index contributed by atoms with van der Waals surface area (Å²) in [6.45, 7) is 0.442. The third-order valence-corrected chi connectivity index (χ3v) is 6.10. The molecule has 1 fully saturated rings. The number of carbonyl (C=O) groups excluding carboxylic acids is 1. The van der Waals surface area contributed by atoms with Crippen LogP contribution >= 0.6 is 12.4 Å². The summed E-state index contributed by atoms with van der Waals surface area (Å²) in [6.07, 6.45) is 2.26. The van der Waals surface area contributed by atoms with Crippen molar-refractivity contribution < 1.29 is 13.2 Å². The third kappa shape index (κ3) is 5.30. The van der Waals surface area contributed by atoms with Crippen LogP contribution in [0.3, 0.4) is 0 Å². The van der Waals surface area contributed by atoms with Crippen LogP contribution in [0.5, 0.6) is 0 Å². The van der Waals surface area contributed by atoms with Gasteiger partial charge < -0.3 is 11.1 Å². The molecule has 1 saturated carbocycles. The number of nitrogens with one attached hydrogen (secondary N) is 1.